The lowest BCUT2D eigenvalue weighted by Gasteiger charge is -2.60. The number of nitrogens with zero attached hydrogens (tertiary/aromatic N) is 1. The maximum absolute atomic E-state index is 12.7. The molecule has 5 aliphatic rings. The van der Waals surface area contributed by atoms with Gasteiger partial charge in [0.15, 0.2) is 0 Å². The fourth-order valence-electron chi connectivity index (χ4n) is 9.84. The predicted molar refractivity (Wildman–Crippen MR) is 126 cm³/mol. The Kier molecular flexibility index (Phi) is 6.12. The number of amides is 1. The topological polar surface area (TPSA) is 57.6 Å². The molecule has 0 aromatic carbocycles. The molecule has 5 fully saturated rings. The average Bonchev–Trinajstić information content (AvgIpc) is 3.38. The maximum atomic E-state index is 12.7. The third-order valence-electron chi connectivity index (χ3n) is 11.6. The van der Waals surface area contributed by atoms with E-state index in [1.54, 1.807) is 4.90 Å². The Morgan fingerprint density at radius 1 is 0.875 bits per heavy atom. The number of hydrogen-bond acceptors (Lipinski definition) is 2. The second kappa shape index (κ2) is 8.62. The fraction of sp³-hybridized carbons (Fsp3) is 0.929. The molecule has 1 aliphatic heterocycles. The molecule has 5 rings (SSSR count). The van der Waals surface area contributed by atoms with Gasteiger partial charge < -0.3 is 10.0 Å². The minimum absolute atomic E-state index is 0.0712. The quantitative estimate of drug-likeness (QED) is 0.544. The summed E-state index contributed by atoms with van der Waals surface area (Å²) in [6.45, 7) is 5.89. The van der Waals surface area contributed by atoms with E-state index < -0.39 is 12.0 Å². The lowest BCUT2D eigenvalue weighted by molar-refractivity contribution is -0.148. The van der Waals surface area contributed by atoms with Gasteiger partial charge in [-0.15, -0.1) is 0 Å². The van der Waals surface area contributed by atoms with Gasteiger partial charge in [-0.2, -0.15) is 0 Å². The van der Waals surface area contributed by atoms with Crippen molar-refractivity contribution in [2.45, 2.75) is 116 Å². The van der Waals surface area contributed by atoms with Gasteiger partial charge in [0.1, 0.15) is 6.04 Å². The van der Waals surface area contributed by atoms with E-state index in [-0.39, 0.29) is 5.91 Å². The van der Waals surface area contributed by atoms with E-state index in [2.05, 4.69) is 13.8 Å². The molecule has 8 atom stereocenters. The molecule has 4 nitrogen and oxygen atoms in total. The van der Waals surface area contributed by atoms with Gasteiger partial charge in [0, 0.05) is 13.0 Å². The molecule has 1 amide bonds. The Balaban J connectivity index is 1.19. The molecule has 4 aliphatic carbocycles. The first kappa shape index (κ1) is 22.7. The Bertz CT molecular complexity index is 736. The van der Waals surface area contributed by atoms with Crippen molar-refractivity contribution < 1.29 is 14.7 Å². The van der Waals surface area contributed by atoms with Crippen molar-refractivity contribution >= 4 is 11.9 Å². The van der Waals surface area contributed by atoms with Crippen LogP contribution in [0.4, 0.5) is 0 Å². The summed E-state index contributed by atoms with van der Waals surface area (Å²) >= 11 is 0. The highest BCUT2D eigenvalue weighted by atomic mass is 16.4. The van der Waals surface area contributed by atoms with Crippen LogP contribution >= 0.6 is 0 Å². The first-order chi connectivity index (χ1) is 15.3. The highest BCUT2D eigenvalue weighted by molar-refractivity contribution is 5.84. The number of likely N-dealkylation sites (tertiary alicyclic amines) is 1. The summed E-state index contributed by atoms with van der Waals surface area (Å²) in [5.41, 5.74) is 1.09. The number of hydrogen-bond donors (Lipinski definition) is 1. The van der Waals surface area contributed by atoms with E-state index >= 15 is 0 Å². The second-order valence-corrected chi connectivity index (χ2v) is 12.7. The monoisotopic (exact) mass is 443 g/mol. The molecule has 0 aromatic heterocycles. The van der Waals surface area contributed by atoms with Gasteiger partial charge in [-0.25, -0.2) is 4.79 Å². The van der Waals surface area contributed by atoms with Gasteiger partial charge in [-0.05, 0) is 117 Å². The van der Waals surface area contributed by atoms with E-state index in [4.69, 9.17) is 0 Å². The third kappa shape index (κ3) is 3.63. The zero-order chi connectivity index (χ0) is 22.5. The predicted octanol–water partition coefficient (Wildman–Crippen LogP) is 6.28. The first-order valence-electron chi connectivity index (χ1n) is 13.9. The Morgan fingerprint density at radius 2 is 1.69 bits per heavy atom. The number of carboxylic acids is 1. The summed E-state index contributed by atoms with van der Waals surface area (Å²) in [6, 6.07) is -0.581. The summed E-state index contributed by atoms with van der Waals surface area (Å²) in [5, 5.41) is 9.39. The largest absolute Gasteiger partial charge is 0.480 e. The number of fused-ring (bicyclic) bond motifs is 5. The summed E-state index contributed by atoms with van der Waals surface area (Å²) in [4.78, 5) is 25.8. The highest BCUT2D eigenvalue weighted by Gasteiger charge is 2.59. The van der Waals surface area contributed by atoms with Crippen molar-refractivity contribution in [3.63, 3.8) is 0 Å². The number of aliphatic carboxylic acids is 1. The number of carbonyl (C=O) groups is 2. The molecule has 0 aromatic rings. The first-order valence-corrected chi connectivity index (χ1v) is 13.9. The number of rotatable bonds is 5. The Hall–Kier alpha value is -1.06. The van der Waals surface area contributed by atoms with Crippen LogP contribution in [-0.4, -0.2) is 34.5 Å². The van der Waals surface area contributed by atoms with Crippen LogP contribution in [-0.2, 0) is 9.59 Å². The van der Waals surface area contributed by atoms with Gasteiger partial charge in [0.05, 0.1) is 0 Å². The zero-order valence-corrected chi connectivity index (χ0v) is 20.5. The molecule has 180 valence electrons. The average molecular weight is 444 g/mol. The second-order valence-electron chi connectivity index (χ2n) is 12.7. The van der Waals surface area contributed by atoms with Gasteiger partial charge in [-0.3, -0.25) is 4.79 Å². The zero-order valence-electron chi connectivity index (χ0n) is 20.5. The lowest BCUT2D eigenvalue weighted by Crippen LogP contribution is -2.52. The van der Waals surface area contributed by atoms with E-state index in [1.807, 2.05) is 0 Å². The maximum Gasteiger partial charge on any atom is 0.326 e. The summed E-state index contributed by atoms with van der Waals surface area (Å²) < 4.78 is 0. The molecule has 0 spiro atoms. The minimum Gasteiger partial charge on any atom is -0.480 e. The number of carboxylic acid groups (broad SMARTS) is 1. The Morgan fingerprint density at radius 3 is 2.50 bits per heavy atom. The van der Waals surface area contributed by atoms with Crippen molar-refractivity contribution in [3.8, 4) is 0 Å². The molecule has 32 heavy (non-hydrogen) atoms. The van der Waals surface area contributed by atoms with Crippen LogP contribution in [0.15, 0.2) is 0 Å². The van der Waals surface area contributed by atoms with E-state index in [0.717, 1.165) is 48.9 Å². The third-order valence-corrected chi connectivity index (χ3v) is 11.6. The number of carbonyl (C=O) groups excluding carboxylic acids is 1. The van der Waals surface area contributed by atoms with Gasteiger partial charge in [0.2, 0.25) is 5.91 Å². The van der Waals surface area contributed by atoms with Crippen molar-refractivity contribution in [1.82, 2.24) is 4.90 Å². The SMILES string of the molecule is CC12CCCC[C@H]1CCC1C2CCC2(C)C1CC[C@@H]2CCCC(=O)N1CCCC1C(=O)O. The van der Waals surface area contributed by atoms with Crippen LogP contribution in [0.3, 0.4) is 0 Å². The molecule has 0 bridgehead atoms. The van der Waals surface area contributed by atoms with Crippen LogP contribution in [0.1, 0.15) is 110 Å². The van der Waals surface area contributed by atoms with Crippen LogP contribution in [0.5, 0.6) is 0 Å². The highest BCUT2D eigenvalue weighted by Crippen LogP contribution is 2.67. The molecular formula is C28H45NO3. The van der Waals surface area contributed by atoms with Crippen LogP contribution in [0.2, 0.25) is 0 Å². The van der Waals surface area contributed by atoms with Crippen molar-refractivity contribution in [3.05, 3.63) is 0 Å². The van der Waals surface area contributed by atoms with Crippen molar-refractivity contribution in [1.29, 1.82) is 0 Å². The van der Waals surface area contributed by atoms with Crippen LogP contribution < -0.4 is 0 Å². The normalized spacial score (nSPS) is 45.8. The molecule has 1 N–H and O–H groups in total. The summed E-state index contributed by atoms with van der Waals surface area (Å²) in [6.07, 6.45) is 18.5. The van der Waals surface area contributed by atoms with Crippen molar-refractivity contribution in [2.75, 3.05) is 6.54 Å². The standard InChI is InChI=1S/C28H45NO3/c1-27-16-4-3-7-19(27)11-13-21-22-14-12-20(28(22,2)17-15-23(21)27)8-5-10-25(30)29-18-6-9-24(29)26(31)32/h19-24H,3-18H2,1-2H3,(H,31,32)/t19-,20-,21?,22?,23?,24?,27?,28?/m0/s1. The van der Waals surface area contributed by atoms with Crippen LogP contribution in [0.25, 0.3) is 0 Å². The van der Waals surface area contributed by atoms with Crippen LogP contribution in [0, 0.1) is 40.4 Å². The fourth-order valence-corrected chi connectivity index (χ4v) is 9.84. The minimum atomic E-state index is -0.833. The molecule has 1 heterocycles. The van der Waals surface area contributed by atoms with E-state index in [9.17, 15) is 14.7 Å². The molecule has 4 heteroatoms. The Labute approximate surface area is 194 Å². The summed E-state index contributed by atoms with van der Waals surface area (Å²) in [5.74, 6) is 3.79. The lowest BCUT2D eigenvalue weighted by atomic mass is 9.45. The van der Waals surface area contributed by atoms with E-state index in [1.165, 1.54) is 64.2 Å². The smallest absolute Gasteiger partial charge is 0.326 e. The van der Waals surface area contributed by atoms with E-state index in [0.29, 0.717) is 30.2 Å². The van der Waals surface area contributed by atoms with Gasteiger partial charge >= 0.3 is 5.97 Å². The van der Waals surface area contributed by atoms with Gasteiger partial charge in [0.25, 0.3) is 0 Å². The molecule has 6 unspecified atom stereocenters. The molecule has 1 saturated heterocycles. The van der Waals surface area contributed by atoms with Gasteiger partial charge in [-0.1, -0.05) is 26.7 Å². The molecular weight excluding hydrogens is 398 g/mol. The summed E-state index contributed by atoms with van der Waals surface area (Å²) in [7, 11) is 0. The van der Waals surface area contributed by atoms with Crippen molar-refractivity contribution in [2.24, 2.45) is 40.4 Å². The molecule has 4 saturated carbocycles. The molecule has 0 radical (unpaired) electrons.